The molecule has 10 aromatic carbocycles. The normalized spacial score (nSPS) is 13.1. The number of benzene rings is 10. The average Bonchev–Trinajstić information content (AvgIpc) is 3.97. The Balaban J connectivity index is 1.08. The van der Waals surface area contributed by atoms with Crippen LogP contribution in [0.3, 0.4) is 0 Å². The minimum atomic E-state index is -0.170. The van der Waals surface area contributed by atoms with Crippen LogP contribution < -0.4 is 4.90 Å². The summed E-state index contributed by atoms with van der Waals surface area (Å²) in [6, 6.07) is 72.6. The van der Waals surface area contributed by atoms with E-state index in [0.717, 1.165) is 83.2 Å². The van der Waals surface area contributed by atoms with Crippen molar-refractivity contribution in [3.8, 4) is 33.4 Å². The molecule has 0 amide bonds. The molecule has 0 saturated heterocycles. The molecule has 0 unspecified atom stereocenters. The molecule has 2 heterocycles. The Morgan fingerprint density at radius 3 is 1.76 bits per heavy atom. The lowest BCUT2D eigenvalue weighted by Crippen LogP contribution is -2.17. The molecule has 3 heteroatoms. The smallest absolute Gasteiger partial charge is 0.136 e. The predicted octanol–water partition coefficient (Wildman–Crippen LogP) is 16.9. The monoisotopic (exact) mass is 793 g/mol. The highest BCUT2D eigenvalue weighted by Crippen LogP contribution is 2.53. The first-order chi connectivity index (χ1) is 30.5. The molecule has 1 aliphatic rings. The first-order valence-corrected chi connectivity index (χ1v) is 21.4. The van der Waals surface area contributed by atoms with Crippen LogP contribution in [0.15, 0.2) is 209 Å². The van der Waals surface area contributed by atoms with Gasteiger partial charge in [-0.1, -0.05) is 153 Å². The Morgan fingerprint density at radius 2 is 0.952 bits per heavy atom. The second-order valence-corrected chi connectivity index (χ2v) is 17.2. The van der Waals surface area contributed by atoms with Crippen LogP contribution in [-0.4, -0.2) is 0 Å². The third-order valence-electron chi connectivity index (χ3n) is 13.5. The number of hydrogen-bond acceptors (Lipinski definition) is 3. The minimum Gasteiger partial charge on any atom is -0.456 e. The maximum atomic E-state index is 6.64. The second kappa shape index (κ2) is 13.1. The van der Waals surface area contributed by atoms with E-state index in [1.807, 2.05) is 12.1 Å². The molecule has 13 rings (SSSR count). The lowest BCUT2D eigenvalue weighted by atomic mass is 9.82. The molecule has 0 bridgehead atoms. The van der Waals surface area contributed by atoms with Crippen LogP contribution in [0.25, 0.3) is 98.8 Å². The van der Waals surface area contributed by atoms with Crippen LogP contribution in [0.5, 0.6) is 0 Å². The van der Waals surface area contributed by atoms with Crippen LogP contribution in [0, 0.1) is 0 Å². The fourth-order valence-electron chi connectivity index (χ4n) is 10.5. The molecule has 3 nitrogen and oxygen atoms in total. The van der Waals surface area contributed by atoms with Crippen molar-refractivity contribution in [2.45, 2.75) is 19.3 Å². The first-order valence-electron chi connectivity index (χ1n) is 21.4. The molecule has 2 aromatic heterocycles. The Labute approximate surface area is 358 Å². The van der Waals surface area contributed by atoms with Crippen molar-refractivity contribution in [3.05, 3.63) is 211 Å². The van der Waals surface area contributed by atoms with Gasteiger partial charge in [0.1, 0.15) is 22.3 Å². The van der Waals surface area contributed by atoms with Crippen molar-refractivity contribution < 1.29 is 8.83 Å². The standard InChI is InChI=1S/C59H39NO2/c1-59(2)49-18-8-5-14-44(49)45-31-30-41(35-50(45)59)60(40-28-26-37(27-29-40)43-17-11-21-54-57(43)46-15-6-9-19-52(46)61-54)51-32-33-55-58(47-16-7-10-20-53(47)62-55)56(51)39-25-24-38-23-22-36-12-3-4-13-42(36)48(38)34-39/h3-35H,1-2H3. The van der Waals surface area contributed by atoms with E-state index in [0.29, 0.717) is 0 Å². The second-order valence-electron chi connectivity index (χ2n) is 17.2. The van der Waals surface area contributed by atoms with Crippen LogP contribution in [0.4, 0.5) is 17.1 Å². The molecule has 0 aliphatic heterocycles. The number of nitrogens with zero attached hydrogens (tertiary/aromatic N) is 1. The lowest BCUT2D eigenvalue weighted by molar-refractivity contribution is 0.660. The number of para-hydroxylation sites is 2. The highest BCUT2D eigenvalue weighted by molar-refractivity contribution is 6.18. The van der Waals surface area contributed by atoms with Gasteiger partial charge in [-0.15, -0.1) is 0 Å². The van der Waals surface area contributed by atoms with Crippen molar-refractivity contribution in [2.24, 2.45) is 0 Å². The van der Waals surface area contributed by atoms with Crippen LogP contribution in [-0.2, 0) is 5.41 Å². The van der Waals surface area contributed by atoms with Crippen LogP contribution in [0.1, 0.15) is 25.0 Å². The van der Waals surface area contributed by atoms with Gasteiger partial charge in [0.2, 0.25) is 0 Å². The molecule has 0 saturated carbocycles. The maximum Gasteiger partial charge on any atom is 0.136 e. The van der Waals surface area contributed by atoms with E-state index < -0.39 is 0 Å². The number of rotatable bonds is 5. The SMILES string of the molecule is CC1(C)c2ccccc2-c2ccc(N(c3ccc(-c4cccc5oc6ccccc6c45)cc3)c3ccc4oc5ccccc5c4c3-c3ccc4ccc5ccccc5c4c3)cc21. The quantitative estimate of drug-likeness (QED) is 0.163. The van der Waals surface area contributed by atoms with Gasteiger partial charge in [0.25, 0.3) is 0 Å². The van der Waals surface area contributed by atoms with Gasteiger partial charge >= 0.3 is 0 Å². The van der Waals surface area contributed by atoms with Crippen molar-refractivity contribution in [1.82, 2.24) is 0 Å². The van der Waals surface area contributed by atoms with E-state index in [4.69, 9.17) is 8.83 Å². The summed E-state index contributed by atoms with van der Waals surface area (Å²) in [7, 11) is 0. The fraction of sp³-hybridized carbons (Fsp3) is 0.0508. The molecule has 0 spiro atoms. The van der Waals surface area contributed by atoms with Gasteiger partial charge in [0.05, 0.1) is 5.69 Å². The van der Waals surface area contributed by atoms with Gasteiger partial charge in [-0.05, 0) is 121 Å². The largest absolute Gasteiger partial charge is 0.456 e. The highest BCUT2D eigenvalue weighted by atomic mass is 16.3. The zero-order valence-corrected chi connectivity index (χ0v) is 34.3. The summed E-state index contributed by atoms with van der Waals surface area (Å²) in [5.74, 6) is 0. The zero-order chi connectivity index (χ0) is 41.1. The number of furan rings is 2. The molecule has 0 radical (unpaired) electrons. The van der Waals surface area contributed by atoms with Crippen molar-refractivity contribution >= 4 is 82.5 Å². The molecule has 1 aliphatic carbocycles. The molecule has 12 aromatic rings. The summed E-state index contributed by atoms with van der Waals surface area (Å²) in [4.78, 5) is 2.46. The Morgan fingerprint density at radius 1 is 0.371 bits per heavy atom. The molecule has 0 atom stereocenters. The van der Waals surface area contributed by atoms with E-state index in [1.165, 1.54) is 43.8 Å². The first kappa shape index (κ1) is 34.9. The summed E-state index contributed by atoms with van der Waals surface area (Å²) >= 11 is 0. The minimum absolute atomic E-state index is 0.170. The van der Waals surface area contributed by atoms with E-state index in [-0.39, 0.29) is 5.41 Å². The van der Waals surface area contributed by atoms with Gasteiger partial charge in [-0.3, -0.25) is 0 Å². The van der Waals surface area contributed by atoms with Crippen LogP contribution in [0.2, 0.25) is 0 Å². The van der Waals surface area contributed by atoms with E-state index in [9.17, 15) is 0 Å². The van der Waals surface area contributed by atoms with Gasteiger partial charge in [-0.2, -0.15) is 0 Å². The third-order valence-corrected chi connectivity index (χ3v) is 13.5. The molecule has 0 fully saturated rings. The summed E-state index contributed by atoms with van der Waals surface area (Å²) < 4.78 is 13.0. The van der Waals surface area contributed by atoms with E-state index >= 15 is 0 Å². The summed E-state index contributed by atoms with van der Waals surface area (Å²) in [5.41, 5.74) is 16.4. The Bertz CT molecular complexity index is 3790. The highest BCUT2D eigenvalue weighted by Gasteiger charge is 2.36. The average molecular weight is 794 g/mol. The molecular weight excluding hydrogens is 755 g/mol. The predicted molar refractivity (Wildman–Crippen MR) is 259 cm³/mol. The number of hydrogen-bond donors (Lipinski definition) is 0. The number of fused-ring (bicyclic) bond motifs is 12. The third kappa shape index (κ3) is 5.06. The molecule has 62 heavy (non-hydrogen) atoms. The summed E-state index contributed by atoms with van der Waals surface area (Å²) in [5, 5.41) is 9.37. The lowest BCUT2D eigenvalue weighted by Gasteiger charge is -2.30. The van der Waals surface area contributed by atoms with Gasteiger partial charge in [0, 0.05) is 43.9 Å². The fourth-order valence-corrected chi connectivity index (χ4v) is 10.5. The van der Waals surface area contributed by atoms with E-state index in [2.05, 4.69) is 207 Å². The number of anilines is 3. The van der Waals surface area contributed by atoms with Crippen molar-refractivity contribution in [2.75, 3.05) is 4.90 Å². The Kier molecular flexibility index (Phi) is 7.36. The van der Waals surface area contributed by atoms with Gasteiger partial charge in [-0.25, -0.2) is 0 Å². The topological polar surface area (TPSA) is 29.5 Å². The molecule has 0 N–H and O–H groups in total. The van der Waals surface area contributed by atoms with Crippen molar-refractivity contribution in [1.29, 1.82) is 0 Å². The van der Waals surface area contributed by atoms with Crippen molar-refractivity contribution in [3.63, 3.8) is 0 Å². The van der Waals surface area contributed by atoms with Crippen LogP contribution >= 0.6 is 0 Å². The molecular formula is C59H39NO2. The van der Waals surface area contributed by atoms with E-state index in [1.54, 1.807) is 0 Å². The Hall–Kier alpha value is -7.88. The maximum absolute atomic E-state index is 6.64. The zero-order valence-electron chi connectivity index (χ0n) is 34.3. The van der Waals surface area contributed by atoms with Gasteiger partial charge in [0.15, 0.2) is 0 Å². The molecule has 292 valence electrons. The summed E-state index contributed by atoms with van der Waals surface area (Å²) in [6.45, 7) is 4.71. The summed E-state index contributed by atoms with van der Waals surface area (Å²) in [6.07, 6.45) is 0. The van der Waals surface area contributed by atoms with Gasteiger partial charge < -0.3 is 13.7 Å².